The van der Waals surface area contributed by atoms with Gasteiger partial charge in [-0.25, -0.2) is 9.59 Å². The molecule has 1 saturated heterocycles. The number of rotatable bonds is 3. The van der Waals surface area contributed by atoms with E-state index >= 15 is 0 Å². The third kappa shape index (κ3) is 4.51. The van der Waals surface area contributed by atoms with Gasteiger partial charge in [-0.05, 0) is 38.8 Å². The molecule has 0 aromatic rings. The molecule has 0 unspecified atom stereocenters. The summed E-state index contributed by atoms with van der Waals surface area (Å²) in [4.78, 5) is 24.4. The summed E-state index contributed by atoms with van der Waals surface area (Å²) in [5.41, 5.74) is 2.05. The van der Waals surface area contributed by atoms with Crippen molar-refractivity contribution >= 4 is 11.9 Å². The van der Waals surface area contributed by atoms with E-state index in [9.17, 15) is 19.8 Å². The number of esters is 2. The van der Waals surface area contributed by atoms with E-state index in [0.29, 0.717) is 17.6 Å². The number of hydrogen-bond donors (Lipinski definition) is 2. The highest BCUT2D eigenvalue weighted by molar-refractivity contribution is 5.92. The Balaban J connectivity index is 2.45. The van der Waals surface area contributed by atoms with Crippen molar-refractivity contribution in [3.8, 4) is 0 Å². The van der Waals surface area contributed by atoms with Crippen molar-refractivity contribution in [2.45, 2.75) is 51.9 Å². The summed E-state index contributed by atoms with van der Waals surface area (Å²) < 4.78 is 11.0. The molecule has 6 heteroatoms. The molecule has 142 valence electrons. The van der Waals surface area contributed by atoms with Gasteiger partial charge in [-0.15, -0.1) is 0 Å². The quantitative estimate of drug-likeness (QED) is 0.453. The van der Waals surface area contributed by atoms with Crippen LogP contribution in [0.15, 0.2) is 47.1 Å². The second-order valence-corrected chi connectivity index (χ2v) is 6.81. The molecule has 26 heavy (non-hydrogen) atoms. The zero-order valence-electron chi connectivity index (χ0n) is 15.4. The van der Waals surface area contributed by atoms with Gasteiger partial charge in [0, 0.05) is 17.6 Å². The fraction of sp³-hybridized carbons (Fsp3) is 0.500. The van der Waals surface area contributed by atoms with Gasteiger partial charge in [0.2, 0.25) is 0 Å². The van der Waals surface area contributed by atoms with Crippen LogP contribution in [0.4, 0.5) is 0 Å². The van der Waals surface area contributed by atoms with Crippen LogP contribution in [0.2, 0.25) is 0 Å². The fourth-order valence-corrected chi connectivity index (χ4v) is 3.22. The maximum Gasteiger partial charge on any atom is 0.334 e. The number of aliphatic hydroxyl groups excluding tert-OH is 2. The van der Waals surface area contributed by atoms with E-state index in [2.05, 4.69) is 6.58 Å². The molecule has 1 aliphatic carbocycles. The topological polar surface area (TPSA) is 93.1 Å². The molecule has 0 radical (unpaired) electrons. The molecule has 0 bridgehead atoms. The van der Waals surface area contributed by atoms with Crippen LogP contribution in [0.25, 0.3) is 0 Å². The summed E-state index contributed by atoms with van der Waals surface area (Å²) in [6.07, 6.45) is 3.38. The predicted molar refractivity (Wildman–Crippen MR) is 96.0 cm³/mol. The average Bonchev–Trinajstić information content (AvgIpc) is 2.85. The largest absolute Gasteiger partial charge is 0.458 e. The SMILES string of the molecule is C=C1C(=O)O[C@@H]2/C=C(/C)C[C@@H](O)/C=C(\CO)C[C@@H](OC(=O)/C(C)=C\C)[C@@H]12. The van der Waals surface area contributed by atoms with E-state index in [-0.39, 0.29) is 18.6 Å². The van der Waals surface area contributed by atoms with Crippen LogP contribution in [0, 0.1) is 5.92 Å². The lowest BCUT2D eigenvalue weighted by atomic mass is 9.85. The Morgan fingerprint density at radius 2 is 2.12 bits per heavy atom. The van der Waals surface area contributed by atoms with Crippen LogP contribution in [0.5, 0.6) is 0 Å². The molecule has 6 nitrogen and oxygen atoms in total. The van der Waals surface area contributed by atoms with Crippen molar-refractivity contribution in [3.63, 3.8) is 0 Å². The number of carbonyl (C=O) groups is 2. The maximum absolute atomic E-state index is 12.3. The van der Waals surface area contributed by atoms with E-state index < -0.39 is 36.2 Å². The van der Waals surface area contributed by atoms with Crippen LogP contribution in [0.1, 0.15) is 33.6 Å². The lowest BCUT2D eigenvalue weighted by Crippen LogP contribution is -2.34. The summed E-state index contributed by atoms with van der Waals surface area (Å²) in [7, 11) is 0. The van der Waals surface area contributed by atoms with Gasteiger partial charge in [0.15, 0.2) is 0 Å². The van der Waals surface area contributed by atoms with Crippen molar-refractivity contribution in [1.29, 1.82) is 0 Å². The number of allylic oxidation sites excluding steroid dienone is 1. The summed E-state index contributed by atoms with van der Waals surface area (Å²) in [6, 6.07) is 0. The van der Waals surface area contributed by atoms with Crippen LogP contribution in [-0.4, -0.2) is 47.1 Å². The van der Waals surface area contributed by atoms with E-state index in [1.54, 1.807) is 32.1 Å². The van der Waals surface area contributed by atoms with Gasteiger partial charge in [0.25, 0.3) is 0 Å². The van der Waals surface area contributed by atoms with Gasteiger partial charge in [-0.2, -0.15) is 0 Å². The van der Waals surface area contributed by atoms with Crippen LogP contribution >= 0.6 is 0 Å². The molecule has 1 heterocycles. The van der Waals surface area contributed by atoms with Gasteiger partial charge >= 0.3 is 11.9 Å². The predicted octanol–water partition coefficient (Wildman–Crippen LogP) is 1.98. The van der Waals surface area contributed by atoms with Gasteiger partial charge in [-0.1, -0.05) is 24.3 Å². The van der Waals surface area contributed by atoms with Crippen molar-refractivity contribution in [2.24, 2.45) is 5.92 Å². The Kier molecular flexibility index (Phi) is 6.56. The lowest BCUT2D eigenvalue weighted by Gasteiger charge is -2.28. The molecular weight excluding hydrogens is 336 g/mol. The Morgan fingerprint density at radius 1 is 1.42 bits per heavy atom. The first-order valence-electron chi connectivity index (χ1n) is 8.66. The van der Waals surface area contributed by atoms with E-state index in [1.165, 1.54) is 0 Å². The molecule has 4 atom stereocenters. The highest BCUT2D eigenvalue weighted by atomic mass is 16.6. The van der Waals surface area contributed by atoms with Gasteiger partial charge < -0.3 is 19.7 Å². The minimum Gasteiger partial charge on any atom is -0.458 e. The molecule has 2 aliphatic rings. The Hall–Kier alpha value is -2.18. The number of ether oxygens (including phenoxy) is 2. The molecule has 0 saturated carbocycles. The van der Waals surface area contributed by atoms with Gasteiger partial charge in [-0.3, -0.25) is 0 Å². The first-order chi connectivity index (χ1) is 12.3. The summed E-state index contributed by atoms with van der Waals surface area (Å²) in [5, 5.41) is 19.8. The average molecular weight is 362 g/mol. The zero-order chi connectivity index (χ0) is 19.4. The summed E-state index contributed by atoms with van der Waals surface area (Å²) in [5.74, 6) is -1.57. The smallest absolute Gasteiger partial charge is 0.334 e. The molecule has 1 fully saturated rings. The lowest BCUT2D eigenvalue weighted by molar-refractivity contribution is -0.147. The third-order valence-corrected chi connectivity index (χ3v) is 4.75. The molecule has 2 rings (SSSR count). The van der Waals surface area contributed by atoms with Crippen LogP contribution < -0.4 is 0 Å². The van der Waals surface area contributed by atoms with E-state index in [1.807, 2.05) is 6.92 Å². The third-order valence-electron chi connectivity index (χ3n) is 4.75. The molecular formula is C20H26O6. The number of hydrogen-bond acceptors (Lipinski definition) is 6. The Labute approximate surface area is 153 Å². The molecule has 0 amide bonds. The maximum atomic E-state index is 12.3. The number of fused-ring (bicyclic) bond motifs is 1. The monoisotopic (exact) mass is 362 g/mol. The molecule has 0 aromatic carbocycles. The molecule has 1 aliphatic heterocycles. The van der Waals surface area contributed by atoms with Crippen LogP contribution in [-0.2, 0) is 19.1 Å². The fourth-order valence-electron chi connectivity index (χ4n) is 3.22. The number of carbonyl (C=O) groups excluding carboxylic acids is 2. The van der Waals surface area contributed by atoms with Crippen molar-refractivity contribution in [3.05, 3.63) is 47.1 Å². The van der Waals surface area contributed by atoms with Crippen molar-refractivity contribution in [1.82, 2.24) is 0 Å². The summed E-state index contributed by atoms with van der Waals surface area (Å²) in [6.45, 7) is 8.74. The van der Waals surface area contributed by atoms with E-state index in [4.69, 9.17) is 9.47 Å². The number of aliphatic hydroxyl groups is 2. The molecule has 0 aromatic heterocycles. The zero-order valence-corrected chi connectivity index (χ0v) is 15.4. The minimum atomic E-state index is -0.779. The van der Waals surface area contributed by atoms with Crippen molar-refractivity contribution < 1.29 is 29.3 Å². The highest BCUT2D eigenvalue weighted by Crippen LogP contribution is 2.36. The normalized spacial score (nSPS) is 34.1. The van der Waals surface area contributed by atoms with Crippen molar-refractivity contribution in [2.75, 3.05) is 6.61 Å². The first-order valence-corrected chi connectivity index (χ1v) is 8.66. The second-order valence-electron chi connectivity index (χ2n) is 6.81. The Morgan fingerprint density at radius 3 is 2.73 bits per heavy atom. The minimum absolute atomic E-state index is 0.181. The highest BCUT2D eigenvalue weighted by Gasteiger charge is 2.44. The van der Waals surface area contributed by atoms with E-state index in [0.717, 1.165) is 5.57 Å². The van der Waals surface area contributed by atoms with Gasteiger partial charge in [0.05, 0.1) is 18.6 Å². The molecule has 2 N–H and O–H groups in total. The molecule has 0 spiro atoms. The first kappa shape index (κ1) is 20.1. The van der Waals surface area contributed by atoms with Gasteiger partial charge in [0.1, 0.15) is 12.2 Å². The Bertz CT molecular complexity index is 684. The standard InChI is InChI=1S/C20H26O6/c1-5-12(3)19(23)25-17-9-14(10-21)8-15(22)6-11(2)7-16-18(17)13(4)20(24)26-16/h5,7-8,15-18,21-22H,4,6,9-10H2,1-3H3/b11-7-,12-5-,14-8-/t15-,16-,17-,18+/m1/s1. The second kappa shape index (κ2) is 8.47. The van der Waals surface area contributed by atoms with Crippen LogP contribution in [0.3, 0.4) is 0 Å². The summed E-state index contributed by atoms with van der Waals surface area (Å²) >= 11 is 0.